The van der Waals surface area contributed by atoms with Crippen molar-refractivity contribution < 1.29 is 18.7 Å². The number of amides is 1. The number of aromatic nitrogens is 3. The van der Waals surface area contributed by atoms with Crippen LogP contribution in [0.15, 0.2) is 42.7 Å². The molecule has 3 aromatic rings. The molecule has 29 heavy (non-hydrogen) atoms. The number of nitrogens with zero attached hydrogens (tertiary/aromatic N) is 5. The highest BCUT2D eigenvalue weighted by molar-refractivity contribution is 5.98. The summed E-state index contributed by atoms with van der Waals surface area (Å²) in [6.07, 6.45) is 3.26. The molecule has 1 saturated heterocycles. The summed E-state index contributed by atoms with van der Waals surface area (Å²) in [7, 11) is 0. The fraction of sp³-hybridized carbons (Fsp3) is 0.300. The largest absolute Gasteiger partial charge is 0.452 e. The lowest BCUT2D eigenvalue weighted by Gasteiger charge is -2.36. The molecule has 1 aromatic carbocycles. The molecular weight excluding hydrogens is 377 g/mol. The quantitative estimate of drug-likeness (QED) is 0.624. The molecular formula is C20H20FN5O3. The molecule has 0 radical (unpaired) electrons. The first-order valence-corrected chi connectivity index (χ1v) is 9.28. The van der Waals surface area contributed by atoms with Gasteiger partial charge in [0.25, 0.3) is 5.91 Å². The Morgan fingerprint density at radius 1 is 1.14 bits per heavy atom. The van der Waals surface area contributed by atoms with E-state index >= 15 is 0 Å². The van der Waals surface area contributed by atoms with Gasteiger partial charge in [0.05, 0.1) is 5.69 Å². The van der Waals surface area contributed by atoms with Gasteiger partial charge in [0.2, 0.25) is 0 Å². The van der Waals surface area contributed by atoms with Crippen LogP contribution in [-0.2, 0) is 9.53 Å². The summed E-state index contributed by atoms with van der Waals surface area (Å²) in [6, 6.07) is 8.00. The van der Waals surface area contributed by atoms with Crippen molar-refractivity contribution in [2.45, 2.75) is 6.92 Å². The lowest BCUT2D eigenvalue weighted by Crippen LogP contribution is -2.49. The van der Waals surface area contributed by atoms with E-state index in [0.29, 0.717) is 37.5 Å². The van der Waals surface area contributed by atoms with Gasteiger partial charge in [0, 0.05) is 44.3 Å². The van der Waals surface area contributed by atoms with E-state index in [1.165, 1.54) is 16.6 Å². The molecule has 0 bridgehead atoms. The normalized spacial score (nSPS) is 14.3. The second kappa shape index (κ2) is 7.86. The van der Waals surface area contributed by atoms with Gasteiger partial charge in [-0.05, 0) is 37.3 Å². The second-order valence-electron chi connectivity index (χ2n) is 6.77. The van der Waals surface area contributed by atoms with Crippen LogP contribution < -0.4 is 4.90 Å². The summed E-state index contributed by atoms with van der Waals surface area (Å²) in [5, 5.41) is 4.22. The number of hydrogen-bond acceptors (Lipinski definition) is 6. The molecule has 0 saturated carbocycles. The minimum absolute atomic E-state index is 0.251. The number of benzene rings is 1. The first kappa shape index (κ1) is 18.9. The average molecular weight is 397 g/mol. The van der Waals surface area contributed by atoms with Crippen molar-refractivity contribution in [3.8, 4) is 0 Å². The zero-order valence-corrected chi connectivity index (χ0v) is 15.9. The lowest BCUT2D eigenvalue weighted by atomic mass is 10.2. The van der Waals surface area contributed by atoms with Gasteiger partial charge >= 0.3 is 5.97 Å². The maximum absolute atomic E-state index is 13.1. The number of halogens is 1. The van der Waals surface area contributed by atoms with Gasteiger partial charge in [-0.15, -0.1) is 0 Å². The molecule has 0 atom stereocenters. The van der Waals surface area contributed by atoms with E-state index in [4.69, 9.17) is 4.74 Å². The maximum Gasteiger partial charge on any atom is 0.344 e. The number of esters is 1. The van der Waals surface area contributed by atoms with Crippen LogP contribution in [0.3, 0.4) is 0 Å². The van der Waals surface area contributed by atoms with E-state index in [9.17, 15) is 14.0 Å². The molecule has 1 aliphatic heterocycles. The molecule has 150 valence electrons. The van der Waals surface area contributed by atoms with Crippen LogP contribution in [-0.4, -0.2) is 64.2 Å². The van der Waals surface area contributed by atoms with Gasteiger partial charge in [-0.25, -0.2) is 18.7 Å². The number of aryl methyl sites for hydroxylation is 1. The summed E-state index contributed by atoms with van der Waals surface area (Å²) in [4.78, 5) is 32.8. The Kier molecular flexibility index (Phi) is 5.11. The molecule has 0 N–H and O–H groups in total. The van der Waals surface area contributed by atoms with Crippen LogP contribution in [0.5, 0.6) is 0 Å². The third-order valence-electron chi connectivity index (χ3n) is 4.93. The Balaban J connectivity index is 1.32. The van der Waals surface area contributed by atoms with Crippen molar-refractivity contribution in [3.05, 3.63) is 59.8 Å². The fourth-order valence-corrected chi connectivity index (χ4v) is 3.39. The van der Waals surface area contributed by atoms with Gasteiger partial charge in [0.15, 0.2) is 12.3 Å². The topological polar surface area (TPSA) is 80.0 Å². The van der Waals surface area contributed by atoms with Gasteiger partial charge < -0.3 is 14.5 Å². The third kappa shape index (κ3) is 3.89. The molecule has 0 aliphatic carbocycles. The highest BCUT2D eigenvalue weighted by atomic mass is 19.1. The van der Waals surface area contributed by atoms with Gasteiger partial charge in [-0.2, -0.15) is 5.10 Å². The Morgan fingerprint density at radius 2 is 1.86 bits per heavy atom. The molecule has 0 unspecified atom stereocenters. The fourth-order valence-electron chi connectivity index (χ4n) is 3.39. The number of ether oxygens (including phenoxy) is 1. The summed E-state index contributed by atoms with van der Waals surface area (Å²) in [5.74, 6) is -1.14. The Bertz CT molecular complexity index is 1040. The van der Waals surface area contributed by atoms with E-state index in [1.807, 2.05) is 0 Å². The minimum Gasteiger partial charge on any atom is -0.452 e. The SMILES string of the molecule is Cc1nn2cccnc2c1C(=O)OCC(=O)N1CCN(c2ccc(F)cc2)CC1. The molecule has 2 aromatic heterocycles. The van der Waals surface area contributed by atoms with Crippen molar-refractivity contribution in [1.29, 1.82) is 0 Å². The van der Waals surface area contributed by atoms with Crippen molar-refractivity contribution in [1.82, 2.24) is 19.5 Å². The third-order valence-corrected chi connectivity index (χ3v) is 4.93. The molecule has 8 nitrogen and oxygen atoms in total. The number of hydrogen-bond donors (Lipinski definition) is 0. The van der Waals surface area contributed by atoms with Crippen LogP contribution in [0.1, 0.15) is 16.1 Å². The number of carbonyl (C=O) groups excluding carboxylic acids is 2. The Morgan fingerprint density at radius 3 is 2.59 bits per heavy atom. The predicted molar refractivity (Wildman–Crippen MR) is 103 cm³/mol. The number of anilines is 1. The Hall–Kier alpha value is -3.49. The number of carbonyl (C=O) groups is 2. The van der Waals surface area contributed by atoms with Crippen LogP contribution in [0.2, 0.25) is 0 Å². The van der Waals surface area contributed by atoms with Gasteiger partial charge in [-0.3, -0.25) is 4.79 Å². The lowest BCUT2D eigenvalue weighted by molar-refractivity contribution is -0.134. The molecule has 0 spiro atoms. The first-order valence-electron chi connectivity index (χ1n) is 9.28. The summed E-state index contributed by atoms with van der Waals surface area (Å²) >= 11 is 0. The zero-order chi connectivity index (χ0) is 20.4. The van der Waals surface area contributed by atoms with E-state index < -0.39 is 5.97 Å². The van der Waals surface area contributed by atoms with Crippen molar-refractivity contribution in [3.63, 3.8) is 0 Å². The number of rotatable bonds is 4. The van der Waals surface area contributed by atoms with Crippen LogP contribution >= 0.6 is 0 Å². The number of fused-ring (bicyclic) bond motifs is 1. The number of piperazine rings is 1. The highest BCUT2D eigenvalue weighted by Gasteiger charge is 2.24. The first-order chi connectivity index (χ1) is 14.0. The van der Waals surface area contributed by atoms with Crippen molar-refractivity contribution >= 4 is 23.2 Å². The Labute approximate surface area is 166 Å². The van der Waals surface area contributed by atoms with E-state index in [-0.39, 0.29) is 23.9 Å². The van der Waals surface area contributed by atoms with E-state index in [2.05, 4.69) is 15.0 Å². The molecule has 1 amide bonds. The molecule has 1 fully saturated rings. The smallest absolute Gasteiger partial charge is 0.344 e. The molecule has 1 aliphatic rings. The highest BCUT2D eigenvalue weighted by Crippen LogP contribution is 2.17. The van der Waals surface area contributed by atoms with E-state index in [1.54, 1.807) is 42.4 Å². The maximum atomic E-state index is 13.1. The van der Waals surface area contributed by atoms with E-state index in [0.717, 1.165) is 5.69 Å². The van der Waals surface area contributed by atoms with Gasteiger partial charge in [-0.1, -0.05) is 0 Å². The van der Waals surface area contributed by atoms with Crippen molar-refractivity contribution in [2.75, 3.05) is 37.7 Å². The second-order valence-corrected chi connectivity index (χ2v) is 6.77. The molecule has 4 rings (SSSR count). The van der Waals surface area contributed by atoms with Gasteiger partial charge in [0.1, 0.15) is 11.4 Å². The molecule has 3 heterocycles. The molecule has 9 heteroatoms. The monoisotopic (exact) mass is 397 g/mol. The van der Waals surface area contributed by atoms with Crippen molar-refractivity contribution in [2.24, 2.45) is 0 Å². The summed E-state index contributed by atoms with van der Waals surface area (Å²) in [5.41, 5.74) is 2.07. The summed E-state index contributed by atoms with van der Waals surface area (Å²) < 4.78 is 19.8. The van der Waals surface area contributed by atoms with Crippen LogP contribution in [0, 0.1) is 12.7 Å². The minimum atomic E-state index is -0.616. The van der Waals surface area contributed by atoms with Crippen LogP contribution in [0.4, 0.5) is 10.1 Å². The average Bonchev–Trinajstić information content (AvgIpc) is 3.08. The summed E-state index contributed by atoms with van der Waals surface area (Å²) in [6.45, 7) is 3.63. The predicted octanol–water partition coefficient (Wildman–Crippen LogP) is 1.68. The zero-order valence-electron chi connectivity index (χ0n) is 15.9. The van der Waals surface area contributed by atoms with Crippen LogP contribution in [0.25, 0.3) is 5.65 Å². The standard InChI is InChI=1S/C20H20FN5O3/c1-14-18(19-22-7-2-8-26(19)23-14)20(28)29-13-17(27)25-11-9-24(10-12-25)16-5-3-15(21)4-6-16/h2-8H,9-13H2,1H3.